The summed E-state index contributed by atoms with van der Waals surface area (Å²) >= 11 is 3.41. The summed E-state index contributed by atoms with van der Waals surface area (Å²) in [4.78, 5) is 11.8. The second-order valence-electron chi connectivity index (χ2n) is 3.92. The molecule has 0 aromatic heterocycles. The van der Waals surface area contributed by atoms with Crippen LogP contribution in [0.15, 0.2) is 28.7 Å². The molecule has 1 aromatic carbocycles. The SMILES string of the molecule is CCCCNC(=O)C(C)c1cccc(Br)c1. The number of carbonyl (C=O) groups is 1. The minimum atomic E-state index is -0.0886. The highest BCUT2D eigenvalue weighted by Crippen LogP contribution is 2.19. The van der Waals surface area contributed by atoms with Gasteiger partial charge in [-0.05, 0) is 31.0 Å². The largest absolute Gasteiger partial charge is 0.356 e. The Balaban J connectivity index is 2.56. The number of hydrogen-bond donors (Lipinski definition) is 1. The van der Waals surface area contributed by atoms with Gasteiger partial charge in [-0.25, -0.2) is 0 Å². The number of carbonyl (C=O) groups excluding carboxylic acids is 1. The standard InChI is InChI=1S/C13H18BrNO/c1-3-4-8-15-13(16)10(2)11-6-5-7-12(14)9-11/h5-7,9-10H,3-4,8H2,1-2H3,(H,15,16). The van der Waals surface area contributed by atoms with Crippen molar-refractivity contribution in [3.63, 3.8) is 0 Å². The van der Waals surface area contributed by atoms with E-state index in [9.17, 15) is 4.79 Å². The first-order valence-corrected chi connectivity index (χ1v) is 6.47. The predicted octanol–water partition coefficient (Wildman–Crippen LogP) is 3.47. The summed E-state index contributed by atoms with van der Waals surface area (Å²) < 4.78 is 1.01. The molecule has 0 radical (unpaired) electrons. The second-order valence-corrected chi connectivity index (χ2v) is 4.84. The molecule has 0 aliphatic heterocycles. The fourth-order valence-electron chi connectivity index (χ4n) is 1.47. The van der Waals surface area contributed by atoms with Gasteiger partial charge in [-0.3, -0.25) is 4.79 Å². The number of halogens is 1. The van der Waals surface area contributed by atoms with Crippen LogP contribution in [0.1, 0.15) is 38.2 Å². The van der Waals surface area contributed by atoms with Crippen molar-refractivity contribution in [2.24, 2.45) is 0 Å². The molecule has 1 rings (SSSR count). The lowest BCUT2D eigenvalue weighted by Crippen LogP contribution is -2.28. The van der Waals surface area contributed by atoms with Crippen molar-refractivity contribution in [2.45, 2.75) is 32.6 Å². The van der Waals surface area contributed by atoms with Gasteiger partial charge in [-0.15, -0.1) is 0 Å². The maximum absolute atomic E-state index is 11.8. The number of benzene rings is 1. The van der Waals surface area contributed by atoms with Gasteiger partial charge in [-0.1, -0.05) is 41.4 Å². The Kier molecular flexibility index (Phi) is 5.53. The first-order valence-electron chi connectivity index (χ1n) is 5.68. The summed E-state index contributed by atoms with van der Waals surface area (Å²) in [5.41, 5.74) is 1.04. The highest BCUT2D eigenvalue weighted by atomic mass is 79.9. The number of nitrogens with one attached hydrogen (secondary N) is 1. The molecule has 1 N–H and O–H groups in total. The van der Waals surface area contributed by atoms with Crippen LogP contribution in [0.4, 0.5) is 0 Å². The topological polar surface area (TPSA) is 29.1 Å². The van der Waals surface area contributed by atoms with E-state index in [1.54, 1.807) is 0 Å². The molecule has 0 aliphatic rings. The number of rotatable bonds is 5. The normalized spacial score (nSPS) is 12.2. The molecule has 2 nitrogen and oxygen atoms in total. The summed E-state index contributed by atoms with van der Waals surface area (Å²) in [7, 11) is 0. The van der Waals surface area contributed by atoms with E-state index in [-0.39, 0.29) is 11.8 Å². The van der Waals surface area contributed by atoms with Crippen LogP contribution in [0, 0.1) is 0 Å². The minimum absolute atomic E-state index is 0.0886. The van der Waals surface area contributed by atoms with Crippen molar-refractivity contribution >= 4 is 21.8 Å². The highest BCUT2D eigenvalue weighted by molar-refractivity contribution is 9.10. The average molecular weight is 284 g/mol. The van der Waals surface area contributed by atoms with Crippen LogP contribution in [0.2, 0.25) is 0 Å². The molecule has 1 atom stereocenters. The minimum Gasteiger partial charge on any atom is -0.356 e. The number of hydrogen-bond acceptors (Lipinski definition) is 1. The van der Waals surface area contributed by atoms with E-state index in [0.717, 1.165) is 29.4 Å². The van der Waals surface area contributed by atoms with Gasteiger partial charge in [0, 0.05) is 11.0 Å². The molecule has 0 saturated carbocycles. The average Bonchev–Trinajstić information content (AvgIpc) is 2.28. The Morgan fingerprint density at radius 2 is 2.25 bits per heavy atom. The van der Waals surface area contributed by atoms with Crippen LogP contribution in [0.3, 0.4) is 0 Å². The molecular formula is C13H18BrNO. The van der Waals surface area contributed by atoms with Gasteiger partial charge in [0.1, 0.15) is 0 Å². The van der Waals surface area contributed by atoms with Gasteiger partial charge < -0.3 is 5.32 Å². The third-order valence-electron chi connectivity index (χ3n) is 2.57. The van der Waals surface area contributed by atoms with Crippen LogP contribution in [0.5, 0.6) is 0 Å². The van der Waals surface area contributed by atoms with Crippen LogP contribution in [0.25, 0.3) is 0 Å². The summed E-state index contributed by atoms with van der Waals surface area (Å²) in [6, 6.07) is 7.89. The first kappa shape index (κ1) is 13.2. The van der Waals surface area contributed by atoms with Crippen molar-refractivity contribution in [2.75, 3.05) is 6.54 Å². The Hall–Kier alpha value is -0.830. The molecule has 0 saturated heterocycles. The Bertz CT molecular complexity index is 352. The van der Waals surface area contributed by atoms with Gasteiger partial charge in [0.15, 0.2) is 0 Å². The van der Waals surface area contributed by atoms with Crippen LogP contribution < -0.4 is 5.32 Å². The third kappa shape index (κ3) is 3.97. The Labute approximate surface area is 106 Å². The molecule has 88 valence electrons. The zero-order chi connectivity index (χ0) is 12.0. The van der Waals surface area contributed by atoms with E-state index < -0.39 is 0 Å². The Morgan fingerprint density at radius 3 is 2.88 bits per heavy atom. The van der Waals surface area contributed by atoms with Crippen molar-refractivity contribution in [3.05, 3.63) is 34.3 Å². The van der Waals surface area contributed by atoms with Crippen molar-refractivity contribution in [1.29, 1.82) is 0 Å². The lowest BCUT2D eigenvalue weighted by molar-refractivity contribution is -0.122. The molecule has 0 bridgehead atoms. The van der Waals surface area contributed by atoms with E-state index in [1.165, 1.54) is 0 Å². The quantitative estimate of drug-likeness (QED) is 0.824. The summed E-state index contributed by atoms with van der Waals surface area (Å²) in [5.74, 6) is 0.0147. The van der Waals surface area contributed by atoms with Gasteiger partial charge in [0.25, 0.3) is 0 Å². The summed E-state index contributed by atoms with van der Waals surface area (Å²) in [5, 5.41) is 2.95. The highest BCUT2D eigenvalue weighted by Gasteiger charge is 2.14. The van der Waals surface area contributed by atoms with Crippen LogP contribution >= 0.6 is 15.9 Å². The maximum atomic E-state index is 11.8. The maximum Gasteiger partial charge on any atom is 0.227 e. The van der Waals surface area contributed by atoms with Gasteiger partial charge in [0.2, 0.25) is 5.91 Å². The van der Waals surface area contributed by atoms with Gasteiger partial charge in [0.05, 0.1) is 5.92 Å². The summed E-state index contributed by atoms with van der Waals surface area (Å²) in [6.07, 6.45) is 2.14. The molecule has 1 aromatic rings. The van der Waals surface area contributed by atoms with Gasteiger partial charge in [-0.2, -0.15) is 0 Å². The monoisotopic (exact) mass is 283 g/mol. The second kappa shape index (κ2) is 6.69. The predicted molar refractivity (Wildman–Crippen MR) is 70.5 cm³/mol. The Morgan fingerprint density at radius 1 is 1.50 bits per heavy atom. The molecule has 16 heavy (non-hydrogen) atoms. The molecule has 1 amide bonds. The van der Waals surface area contributed by atoms with Gasteiger partial charge >= 0.3 is 0 Å². The molecular weight excluding hydrogens is 266 g/mol. The van der Waals surface area contributed by atoms with Crippen LogP contribution in [-0.2, 0) is 4.79 Å². The molecule has 0 fully saturated rings. The van der Waals surface area contributed by atoms with Crippen molar-refractivity contribution in [1.82, 2.24) is 5.32 Å². The fraction of sp³-hybridized carbons (Fsp3) is 0.462. The van der Waals surface area contributed by atoms with E-state index in [2.05, 4.69) is 28.2 Å². The zero-order valence-corrected chi connectivity index (χ0v) is 11.4. The number of amides is 1. The van der Waals surface area contributed by atoms with E-state index in [1.807, 2.05) is 31.2 Å². The third-order valence-corrected chi connectivity index (χ3v) is 3.06. The lowest BCUT2D eigenvalue weighted by Gasteiger charge is -2.12. The van der Waals surface area contributed by atoms with Crippen molar-refractivity contribution < 1.29 is 4.79 Å². The number of unbranched alkanes of at least 4 members (excludes halogenated alkanes) is 1. The first-order chi connectivity index (χ1) is 7.65. The summed E-state index contributed by atoms with van der Waals surface area (Å²) in [6.45, 7) is 4.82. The molecule has 3 heteroatoms. The van der Waals surface area contributed by atoms with E-state index in [0.29, 0.717) is 0 Å². The van der Waals surface area contributed by atoms with E-state index in [4.69, 9.17) is 0 Å². The zero-order valence-electron chi connectivity index (χ0n) is 9.79. The smallest absolute Gasteiger partial charge is 0.227 e. The fourth-order valence-corrected chi connectivity index (χ4v) is 1.89. The van der Waals surface area contributed by atoms with E-state index >= 15 is 0 Å². The van der Waals surface area contributed by atoms with Crippen molar-refractivity contribution in [3.8, 4) is 0 Å². The molecule has 0 aliphatic carbocycles. The molecule has 1 unspecified atom stereocenters. The lowest BCUT2D eigenvalue weighted by atomic mass is 10.0. The molecule has 0 spiro atoms. The van der Waals surface area contributed by atoms with Crippen LogP contribution in [-0.4, -0.2) is 12.5 Å². The molecule has 0 heterocycles.